The van der Waals surface area contributed by atoms with Gasteiger partial charge in [-0.05, 0) is 53.1 Å². The maximum atomic E-state index is 8.83. The lowest BCUT2D eigenvalue weighted by molar-refractivity contribution is 0.670. The van der Waals surface area contributed by atoms with Gasteiger partial charge >= 0.3 is 0 Å². The molecule has 0 spiro atoms. The maximum absolute atomic E-state index is 8.83. The molecule has 0 aliphatic carbocycles. The average molecular weight is 663 g/mol. The standard InChI is InChI=1S/C45H27N3OS/c1-4-13-28(14-5-1)32-25-36(29-15-6-2-7-16-29)42-37(26-32)33-24-23-31(27-38(33)49-42)44-46-43(30-17-8-3-9-18-30)47-45(48-44)35-20-12-22-40-41(35)34-19-10-11-21-39(34)50-40/h1-27H/i2D,6D,7D,15D,16D. The Morgan fingerprint density at radius 3 is 1.98 bits per heavy atom. The molecule has 7 aromatic carbocycles. The minimum Gasteiger partial charge on any atom is -0.455 e. The van der Waals surface area contributed by atoms with Gasteiger partial charge in [0.2, 0.25) is 0 Å². The Morgan fingerprint density at radius 2 is 1.16 bits per heavy atom. The fourth-order valence-corrected chi connectivity index (χ4v) is 7.82. The van der Waals surface area contributed by atoms with Gasteiger partial charge in [-0.25, -0.2) is 15.0 Å². The normalized spacial score (nSPS) is 13.0. The number of hydrogen-bond donors (Lipinski definition) is 0. The number of hydrogen-bond acceptors (Lipinski definition) is 5. The minimum atomic E-state index is -0.446. The molecule has 3 aromatic heterocycles. The molecule has 0 bridgehead atoms. The summed E-state index contributed by atoms with van der Waals surface area (Å²) in [4.78, 5) is 15.1. The molecule has 10 aromatic rings. The number of fused-ring (bicyclic) bond motifs is 6. The molecule has 0 unspecified atom stereocenters. The van der Waals surface area contributed by atoms with Crippen LogP contribution in [0.25, 0.3) is 98.5 Å². The molecule has 0 radical (unpaired) electrons. The number of thiophene rings is 1. The van der Waals surface area contributed by atoms with Crippen LogP contribution in [0.5, 0.6) is 0 Å². The van der Waals surface area contributed by atoms with Crippen molar-refractivity contribution in [3.05, 3.63) is 164 Å². The van der Waals surface area contributed by atoms with Crippen LogP contribution in [0, 0.1) is 0 Å². The second kappa shape index (κ2) is 11.6. The van der Waals surface area contributed by atoms with Crippen LogP contribution in [0.4, 0.5) is 0 Å². The molecule has 50 heavy (non-hydrogen) atoms. The Bertz CT molecular complexity index is 3130. The van der Waals surface area contributed by atoms with Crippen LogP contribution >= 0.6 is 11.3 Å². The summed E-state index contributed by atoms with van der Waals surface area (Å²) in [6.07, 6.45) is 0. The Morgan fingerprint density at radius 1 is 0.460 bits per heavy atom. The summed E-state index contributed by atoms with van der Waals surface area (Å²) in [5.74, 6) is 1.56. The van der Waals surface area contributed by atoms with Crippen molar-refractivity contribution in [1.29, 1.82) is 0 Å². The van der Waals surface area contributed by atoms with E-state index in [4.69, 9.17) is 26.2 Å². The van der Waals surface area contributed by atoms with Crippen LogP contribution < -0.4 is 0 Å². The third-order valence-electron chi connectivity index (χ3n) is 9.02. The van der Waals surface area contributed by atoms with Gasteiger partial charge in [0.1, 0.15) is 11.2 Å². The van der Waals surface area contributed by atoms with Gasteiger partial charge in [0.25, 0.3) is 0 Å². The SMILES string of the molecule is [2H]c1c([2H])c([2H])c(-c2cc(-c3ccccc3)cc3c2oc2cc(-c4nc(-c5ccccc5)nc(-c5cccc6sc7ccccc7c56)n4)ccc23)c([2H])c1[2H]. The summed E-state index contributed by atoms with van der Waals surface area (Å²) in [7, 11) is 0. The summed E-state index contributed by atoms with van der Waals surface area (Å²) >= 11 is 1.74. The van der Waals surface area contributed by atoms with Crippen molar-refractivity contribution >= 4 is 53.4 Å². The van der Waals surface area contributed by atoms with Crippen LogP contribution in [0.15, 0.2) is 168 Å². The lowest BCUT2D eigenvalue weighted by atomic mass is 9.95. The number of benzene rings is 7. The summed E-state index contributed by atoms with van der Waals surface area (Å²) in [6.45, 7) is 0. The summed E-state index contributed by atoms with van der Waals surface area (Å²) in [6, 6.07) is 42.1. The Balaban J connectivity index is 1.21. The molecule has 4 nitrogen and oxygen atoms in total. The summed E-state index contributed by atoms with van der Waals surface area (Å²) in [5.41, 5.74) is 5.68. The monoisotopic (exact) mass is 662 g/mol. The first-order valence-electron chi connectivity index (χ1n) is 18.7. The van der Waals surface area contributed by atoms with E-state index in [1.165, 1.54) is 4.70 Å². The van der Waals surface area contributed by atoms with Crippen LogP contribution in [0.2, 0.25) is 0 Å². The predicted octanol–water partition coefficient (Wildman–Crippen LogP) is 12.5. The molecule has 0 amide bonds. The van der Waals surface area contributed by atoms with Gasteiger partial charge in [0, 0.05) is 53.2 Å². The van der Waals surface area contributed by atoms with E-state index in [2.05, 4.69) is 30.3 Å². The van der Waals surface area contributed by atoms with E-state index >= 15 is 0 Å². The number of aromatic nitrogens is 3. The topological polar surface area (TPSA) is 51.8 Å². The molecular formula is C45H27N3OS. The molecule has 234 valence electrons. The smallest absolute Gasteiger partial charge is 0.164 e. The lowest BCUT2D eigenvalue weighted by Gasteiger charge is -2.09. The maximum Gasteiger partial charge on any atom is 0.164 e. The van der Waals surface area contributed by atoms with Gasteiger partial charge in [-0.1, -0.05) is 127 Å². The van der Waals surface area contributed by atoms with Crippen LogP contribution in [0.3, 0.4) is 0 Å². The van der Waals surface area contributed by atoms with Crippen molar-refractivity contribution in [3.8, 4) is 56.4 Å². The molecule has 0 saturated heterocycles. The second-order valence-electron chi connectivity index (χ2n) is 12.0. The number of rotatable bonds is 5. The third kappa shape index (κ3) is 4.79. The number of nitrogens with zero attached hydrogens (tertiary/aromatic N) is 3. The zero-order valence-electron chi connectivity index (χ0n) is 31.4. The first-order valence-corrected chi connectivity index (χ1v) is 17.0. The molecule has 0 N–H and O–H groups in total. The largest absolute Gasteiger partial charge is 0.455 e. The highest BCUT2D eigenvalue weighted by Gasteiger charge is 2.19. The van der Waals surface area contributed by atoms with E-state index in [0.29, 0.717) is 39.8 Å². The van der Waals surface area contributed by atoms with Gasteiger partial charge < -0.3 is 4.42 Å². The fourth-order valence-electron chi connectivity index (χ4n) is 6.69. The van der Waals surface area contributed by atoms with Crippen molar-refractivity contribution in [2.75, 3.05) is 0 Å². The highest BCUT2D eigenvalue weighted by Crippen LogP contribution is 2.42. The molecule has 0 saturated carbocycles. The molecule has 5 heteroatoms. The lowest BCUT2D eigenvalue weighted by Crippen LogP contribution is -2.00. The molecule has 0 fully saturated rings. The van der Waals surface area contributed by atoms with Crippen LogP contribution in [-0.2, 0) is 0 Å². The predicted molar refractivity (Wildman–Crippen MR) is 207 cm³/mol. The Kier molecular flexibility index (Phi) is 5.54. The summed E-state index contributed by atoms with van der Waals surface area (Å²) in [5, 5.41) is 3.80. The van der Waals surface area contributed by atoms with Crippen LogP contribution in [0.1, 0.15) is 6.85 Å². The van der Waals surface area contributed by atoms with E-state index in [1.807, 2.05) is 103 Å². The first kappa shape index (κ1) is 23.8. The van der Waals surface area contributed by atoms with Crippen molar-refractivity contribution in [2.24, 2.45) is 0 Å². The quantitative estimate of drug-likeness (QED) is 0.184. The molecule has 0 aliphatic rings. The molecule has 0 atom stereocenters. The highest BCUT2D eigenvalue weighted by atomic mass is 32.1. The van der Waals surface area contributed by atoms with Crippen molar-refractivity contribution in [2.45, 2.75) is 0 Å². The van der Waals surface area contributed by atoms with Gasteiger partial charge in [-0.2, -0.15) is 0 Å². The van der Waals surface area contributed by atoms with Crippen molar-refractivity contribution in [3.63, 3.8) is 0 Å². The van der Waals surface area contributed by atoms with Crippen LogP contribution in [-0.4, -0.2) is 15.0 Å². The molecule has 3 heterocycles. The highest BCUT2D eigenvalue weighted by molar-refractivity contribution is 7.25. The zero-order chi connectivity index (χ0) is 37.4. The second-order valence-corrected chi connectivity index (χ2v) is 13.1. The van der Waals surface area contributed by atoms with E-state index in [0.717, 1.165) is 48.5 Å². The van der Waals surface area contributed by atoms with Crippen molar-refractivity contribution < 1.29 is 11.3 Å². The zero-order valence-corrected chi connectivity index (χ0v) is 27.2. The fraction of sp³-hybridized carbons (Fsp3) is 0. The van der Waals surface area contributed by atoms with Gasteiger partial charge in [-0.15, -0.1) is 11.3 Å². The number of furan rings is 1. The molecular weight excluding hydrogens is 631 g/mol. The summed E-state index contributed by atoms with van der Waals surface area (Å²) < 4.78 is 51.7. The third-order valence-corrected chi connectivity index (χ3v) is 10.2. The molecule has 0 aliphatic heterocycles. The molecule has 10 rings (SSSR count). The van der Waals surface area contributed by atoms with Gasteiger partial charge in [-0.3, -0.25) is 0 Å². The van der Waals surface area contributed by atoms with E-state index in [-0.39, 0.29) is 17.6 Å². The Hall–Kier alpha value is -6.43. The van der Waals surface area contributed by atoms with Gasteiger partial charge in [0.05, 0.1) is 6.85 Å². The van der Waals surface area contributed by atoms with Gasteiger partial charge in [0.15, 0.2) is 17.5 Å². The average Bonchev–Trinajstić information content (AvgIpc) is 3.81. The van der Waals surface area contributed by atoms with E-state index in [9.17, 15) is 0 Å². The van der Waals surface area contributed by atoms with E-state index in [1.54, 1.807) is 11.3 Å². The van der Waals surface area contributed by atoms with E-state index < -0.39 is 18.1 Å². The Labute approximate surface area is 299 Å². The first-order chi connectivity index (χ1) is 26.8. The minimum absolute atomic E-state index is 0.0813. The van der Waals surface area contributed by atoms with Crippen molar-refractivity contribution in [1.82, 2.24) is 15.0 Å².